The average Bonchev–Trinajstić information content (AvgIpc) is 2.79. The predicted octanol–water partition coefficient (Wildman–Crippen LogP) is 4.22. The van der Waals surface area contributed by atoms with Crippen molar-refractivity contribution in [3.8, 4) is 5.75 Å². The average molecular weight is 515 g/mol. The molecule has 0 unspecified atom stereocenters. The van der Waals surface area contributed by atoms with E-state index in [-0.39, 0.29) is 18.8 Å². The van der Waals surface area contributed by atoms with Gasteiger partial charge in [-0.1, -0.05) is 29.1 Å². The summed E-state index contributed by atoms with van der Waals surface area (Å²) in [5.41, 5.74) is 1.05. The number of fused-ring (bicyclic) bond motifs is 1. The first-order chi connectivity index (χ1) is 15.9. The molecule has 3 amide bonds. The van der Waals surface area contributed by atoms with Crippen LogP contribution in [0.4, 0.5) is 26.4 Å². The zero-order valence-corrected chi connectivity index (χ0v) is 18.9. The topological polar surface area (TPSA) is 117 Å². The predicted molar refractivity (Wildman–Crippen MR) is 128 cm³/mol. The minimum atomic E-state index is -0.468. The Kier molecular flexibility index (Phi) is 7.92. The fourth-order valence-electron chi connectivity index (χ4n) is 2.77. The second-order valence-electron chi connectivity index (χ2n) is 6.48. The summed E-state index contributed by atoms with van der Waals surface area (Å²) in [6.45, 7) is 7.18. The molecule has 170 valence electrons. The number of nitrogens with zero attached hydrogens (tertiary/aromatic N) is 2. The summed E-state index contributed by atoms with van der Waals surface area (Å²) >= 11 is 3.22. The molecule has 0 aliphatic heterocycles. The van der Waals surface area contributed by atoms with Crippen LogP contribution in [0.25, 0.3) is 10.9 Å². The number of anilines is 3. The minimum absolute atomic E-state index is 0.118. The maximum atomic E-state index is 14.3. The van der Waals surface area contributed by atoms with Gasteiger partial charge in [0, 0.05) is 15.9 Å². The van der Waals surface area contributed by atoms with Crippen molar-refractivity contribution in [2.75, 3.05) is 23.8 Å². The smallest absolute Gasteiger partial charge is 0.318 e. The van der Waals surface area contributed by atoms with Crippen LogP contribution in [-0.2, 0) is 4.79 Å². The van der Waals surface area contributed by atoms with Crippen molar-refractivity contribution >= 4 is 56.0 Å². The highest BCUT2D eigenvalue weighted by molar-refractivity contribution is 9.10. The Balaban J connectivity index is 1.90. The highest BCUT2D eigenvalue weighted by Crippen LogP contribution is 2.34. The molecule has 3 rings (SSSR count). The number of rotatable bonds is 9. The molecule has 0 spiro atoms. The summed E-state index contributed by atoms with van der Waals surface area (Å²) < 4.78 is 20.7. The van der Waals surface area contributed by atoms with Crippen molar-refractivity contribution in [3.63, 3.8) is 0 Å². The molecule has 0 atom stereocenters. The van der Waals surface area contributed by atoms with Crippen LogP contribution in [0, 0.1) is 5.82 Å². The summed E-state index contributed by atoms with van der Waals surface area (Å²) in [5.74, 6) is -0.259. The molecule has 9 nitrogen and oxygen atoms in total. The van der Waals surface area contributed by atoms with Crippen LogP contribution in [0.2, 0.25) is 0 Å². The molecule has 33 heavy (non-hydrogen) atoms. The van der Waals surface area contributed by atoms with E-state index in [1.54, 1.807) is 24.3 Å². The molecule has 11 heteroatoms. The number of halogens is 2. The molecule has 0 fully saturated rings. The first-order valence-electron chi connectivity index (χ1n) is 9.63. The Bertz CT molecular complexity index is 1220. The van der Waals surface area contributed by atoms with Gasteiger partial charge in [0.1, 0.15) is 30.3 Å². The summed E-state index contributed by atoms with van der Waals surface area (Å²) in [6.07, 6.45) is 3.70. The van der Waals surface area contributed by atoms with E-state index in [9.17, 15) is 14.0 Å². The van der Waals surface area contributed by atoms with E-state index in [4.69, 9.17) is 4.74 Å². The lowest BCUT2D eigenvalue weighted by molar-refractivity contribution is -0.111. The van der Waals surface area contributed by atoms with Gasteiger partial charge < -0.3 is 26.0 Å². The monoisotopic (exact) mass is 514 g/mol. The summed E-state index contributed by atoms with van der Waals surface area (Å²) in [4.78, 5) is 31.9. The van der Waals surface area contributed by atoms with E-state index < -0.39 is 17.8 Å². The van der Waals surface area contributed by atoms with Gasteiger partial charge in [0.2, 0.25) is 5.91 Å². The molecule has 1 heterocycles. The van der Waals surface area contributed by atoms with Gasteiger partial charge in [-0.15, -0.1) is 0 Å². The lowest BCUT2D eigenvalue weighted by Crippen LogP contribution is -2.34. The molecule has 0 bridgehead atoms. The number of ether oxygens (including phenoxy) is 1. The van der Waals surface area contributed by atoms with Gasteiger partial charge in [0.05, 0.1) is 23.4 Å². The van der Waals surface area contributed by atoms with Gasteiger partial charge >= 0.3 is 6.03 Å². The number of amides is 3. The van der Waals surface area contributed by atoms with Crippen LogP contribution >= 0.6 is 15.9 Å². The molecule has 3 aromatic rings. The Morgan fingerprint density at radius 2 is 1.97 bits per heavy atom. The third-order valence-electron chi connectivity index (χ3n) is 4.24. The van der Waals surface area contributed by atoms with E-state index in [1.165, 1.54) is 18.6 Å². The fraction of sp³-hybridized carbons (Fsp3) is 0.0909. The standard InChI is InChI=1S/C22H20BrFN6O3/c1-3-20(31)29-18-10-14-17(11-19(18)33-8-7-26-22(32)25-4-2)27-12-28-21(14)30-16-6-5-13(23)9-15(16)24/h3-6,9-12H,1-2,7-8H2,(H,29,31)(H2,25,26,32)(H,27,28,30). The van der Waals surface area contributed by atoms with Gasteiger partial charge in [-0.2, -0.15) is 0 Å². The van der Waals surface area contributed by atoms with Crippen molar-refractivity contribution in [1.82, 2.24) is 20.6 Å². The summed E-state index contributed by atoms with van der Waals surface area (Å²) in [7, 11) is 0. The molecular weight excluding hydrogens is 495 g/mol. The maximum absolute atomic E-state index is 14.3. The van der Waals surface area contributed by atoms with Crippen LogP contribution < -0.4 is 26.0 Å². The van der Waals surface area contributed by atoms with Gasteiger partial charge in [-0.25, -0.2) is 19.2 Å². The first kappa shape index (κ1) is 23.7. The van der Waals surface area contributed by atoms with Crippen LogP contribution in [0.3, 0.4) is 0 Å². The first-order valence-corrected chi connectivity index (χ1v) is 10.4. The highest BCUT2D eigenvalue weighted by atomic mass is 79.9. The number of nitrogens with one attached hydrogen (secondary N) is 4. The van der Waals surface area contributed by atoms with Crippen LogP contribution in [-0.4, -0.2) is 35.1 Å². The van der Waals surface area contributed by atoms with Crippen LogP contribution in [0.15, 0.2) is 66.6 Å². The number of carbonyl (C=O) groups is 2. The van der Waals surface area contributed by atoms with Gasteiger partial charge in [0.25, 0.3) is 0 Å². The molecule has 0 saturated carbocycles. The normalized spacial score (nSPS) is 10.2. The molecule has 0 radical (unpaired) electrons. The fourth-order valence-corrected chi connectivity index (χ4v) is 3.11. The molecule has 0 aliphatic carbocycles. The zero-order valence-electron chi connectivity index (χ0n) is 17.3. The van der Waals surface area contributed by atoms with Crippen molar-refractivity contribution in [3.05, 3.63) is 72.4 Å². The maximum Gasteiger partial charge on any atom is 0.318 e. The molecule has 4 N–H and O–H groups in total. The van der Waals surface area contributed by atoms with Crippen molar-refractivity contribution in [2.24, 2.45) is 0 Å². The third-order valence-corrected chi connectivity index (χ3v) is 4.74. The number of aromatic nitrogens is 2. The van der Waals surface area contributed by atoms with Gasteiger partial charge in [0.15, 0.2) is 0 Å². The van der Waals surface area contributed by atoms with E-state index >= 15 is 0 Å². The van der Waals surface area contributed by atoms with Crippen molar-refractivity contribution < 1.29 is 18.7 Å². The Morgan fingerprint density at radius 1 is 1.15 bits per heavy atom. The Morgan fingerprint density at radius 3 is 2.70 bits per heavy atom. The molecule has 2 aromatic carbocycles. The largest absolute Gasteiger partial charge is 0.489 e. The SMILES string of the molecule is C=CNC(=O)NCCOc1cc2ncnc(Nc3ccc(Br)cc3F)c2cc1NC(=O)C=C. The molecular formula is C22H20BrFN6O3. The van der Waals surface area contributed by atoms with Crippen LogP contribution in [0.1, 0.15) is 0 Å². The van der Waals surface area contributed by atoms with Crippen molar-refractivity contribution in [2.45, 2.75) is 0 Å². The quantitative estimate of drug-likeness (QED) is 0.251. The molecule has 1 aromatic heterocycles. The van der Waals surface area contributed by atoms with E-state index in [2.05, 4.69) is 60.3 Å². The summed E-state index contributed by atoms with van der Waals surface area (Å²) in [5, 5.41) is 11.1. The van der Waals surface area contributed by atoms with E-state index in [0.29, 0.717) is 32.6 Å². The Hall–Kier alpha value is -3.99. The number of urea groups is 1. The van der Waals surface area contributed by atoms with Crippen molar-refractivity contribution in [1.29, 1.82) is 0 Å². The number of benzene rings is 2. The van der Waals surface area contributed by atoms with E-state index in [1.807, 2.05) is 0 Å². The second-order valence-corrected chi connectivity index (χ2v) is 7.40. The lowest BCUT2D eigenvalue weighted by atomic mass is 10.1. The number of hydrogen-bond acceptors (Lipinski definition) is 6. The van der Waals surface area contributed by atoms with E-state index in [0.717, 1.165) is 6.08 Å². The lowest BCUT2D eigenvalue weighted by Gasteiger charge is -2.15. The zero-order chi connectivity index (χ0) is 23.8. The van der Waals surface area contributed by atoms with Gasteiger partial charge in [-0.3, -0.25) is 4.79 Å². The summed E-state index contributed by atoms with van der Waals surface area (Å²) in [6, 6.07) is 7.40. The third kappa shape index (κ3) is 6.26. The minimum Gasteiger partial charge on any atom is -0.489 e. The van der Waals surface area contributed by atoms with Gasteiger partial charge in [-0.05, 0) is 36.5 Å². The molecule has 0 saturated heterocycles. The number of carbonyl (C=O) groups excluding carboxylic acids is 2. The number of hydrogen-bond donors (Lipinski definition) is 4. The second kappa shape index (κ2) is 11.0. The molecule has 0 aliphatic rings. The Labute approximate surface area is 197 Å². The highest BCUT2D eigenvalue weighted by Gasteiger charge is 2.14. The van der Waals surface area contributed by atoms with Crippen LogP contribution in [0.5, 0.6) is 5.75 Å².